The lowest BCUT2D eigenvalue weighted by atomic mass is 10.0. The number of ether oxygens (including phenoxy) is 2. The Labute approximate surface area is 104 Å². The minimum Gasteiger partial charge on any atom is -0.491 e. The summed E-state index contributed by atoms with van der Waals surface area (Å²) in [5.41, 5.74) is 13.2. The first-order valence-electron chi connectivity index (χ1n) is 5.23. The number of nitrogens with zero attached hydrogens (tertiary/aromatic N) is 2. The van der Waals surface area contributed by atoms with Crippen LogP contribution in [0.5, 0.6) is 11.5 Å². The molecule has 1 aromatic carbocycles. The molecule has 1 heterocycles. The van der Waals surface area contributed by atoms with Gasteiger partial charge in [0.15, 0.2) is 11.5 Å². The highest BCUT2D eigenvalue weighted by Gasteiger charge is 2.30. The van der Waals surface area contributed by atoms with Crippen molar-refractivity contribution in [1.29, 1.82) is 0 Å². The molecule has 0 spiro atoms. The quantitative estimate of drug-likeness (QED) is 0.555. The highest BCUT2D eigenvalue weighted by atomic mass is 16.5. The standard InChI is InChI=1S/C10H16N4O4/c1-17-9-6(11)5-3-13(15)4-14(16)8(5)7(12)10(9)18-2/h15-16H,3-4,11-12H2,1-2H3. The van der Waals surface area contributed by atoms with Crippen molar-refractivity contribution in [1.82, 2.24) is 5.06 Å². The van der Waals surface area contributed by atoms with Gasteiger partial charge in [0.25, 0.3) is 0 Å². The van der Waals surface area contributed by atoms with Crippen LogP contribution in [0, 0.1) is 0 Å². The van der Waals surface area contributed by atoms with Gasteiger partial charge in [-0.2, -0.15) is 5.06 Å². The number of nitrogen functional groups attached to an aromatic ring is 2. The minimum atomic E-state index is -0.0911. The maximum Gasteiger partial charge on any atom is 0.188 e. The van der Waals surface area contributed by atoms with Crippen LogP contribution in [0.1, 0.15) is 5.56 Å². The lowest BCUT2D eigenvalue weighted by molar-refractivity contribution is -0.117. The molecule has 8 heteroatoms. The first kappa shape index (κ1) is 12.6. The van der Waals surface area contributed by atoms with Crippen molar-refractivity contribution in [3.05, 3.63) is 5.56 Å². The number of anilines is 3. The molecule has 0 atom stereocenters. The molecule has 0 fully saturated rings. The van der Waals surface area contributed by atoms with E-state index in [1.165, 1.54) is 14.2 Å². The molecule has 0 aliphatic carbocycles. The number of benzene rings is 1. The van der Waals surface area contributed by atoms with Crippen molar-refractivity contribution in [2.24, 2.45) is 0 Å². The monoisotopic (exact) mass is 256 g/mol. The fourth-order valence-corrected chi connectivity index (χ4v) is 2.10. The van der Waals surface area contributed by atoms with Gasteiger partial charge in [-0.3, -0.25) is 5.21 Å². The van der Waals surface area contributed by atoms with Gasteiger partial charge in [-0.1, -0.05) is 0 Å². The molecule has 100 valence electrons. The maximum absolute atomic E-state index is 9.82. The van der Waals surface area contributed by atoms with Gasteiger partial charge in [-0.15, -0.1) is 0 Å². The van der Waals surface area contributed by atoms with Gasteiger partial charge in [0.1, 0.15) is 12.4 Å². The lowest BCUT2D eigenvalue weighted by Crippen LogP contribution is -2.39. The van der Waals surface area contributed by atoms with Crippen LogP contribution in [-0.4, -0.2) is 36.4 Å². The van der Waals surface area contributed by atoms with Crippen LogP contribution in [0.2, 0.25) is 0 Å². The van der Waals surface area contributed by atoms with Crippen molar-refractivity contribution in [2.45, 2.75) is 6.54 Å². The molecule has 0 aromatic heterocycles. The van der Waals surface area contributed by atoms with Crippen molar-refractivity contribution in [2.75, 3.05) is 37.4 Å². The van der Waals surface area contributed by atoms with Crippen molar-refractivity contribution >= 4 is 17.1 Å². The van der Waals surface area contributed by atoms with Crippen LogP contribution < -0.4 is 26.0 Å². The van der Waals surface area contributed by atoms with Crippen LogP contribution in [-0.2, 0) is 6.54 Å². The second-order valence-electron chi connectivity index (χ2n) is 3.93. The Morgan fingerprint density at radius 3 is 2.17 bits per heavy atom. The Morgan fingerprint density at radius 1 is 1.06 bits per heavy atom. The van der Waals surface area contributed by atoms with Gasteiger partial charge in [-0.05, 0) is 0 Å². The number of methoxy groups -OCH3 is 2. The molecule has 8 nitrogen and oxygen atoms in total. The van der Waals surface area contributed by atoms with Gasteiger partial charge in [0, 0.05) is 5.56 Å². The molecule has 6 N–H and O–H groups in total. The normalized spacial score (nSPS) is 15.4. The molecule has 0 bridgehead atoms. The van der Waals surface area contributed by atoms with Crippen LogP contribution >= 0.6 is 0 Å². The summed E-state index contributed by atoms with van der Waals surface area (Å²) in [6, 6.07) is 0. The van der Waals surface area contributed by atoms with E-state index in [4.69, 9.17) is 20.9 Å². The predicted molar refractivity (Wildman–Crippen MR) is 64.8 cm³/mol. The zero-order valence-electron chi connectivity index (χ0n) is 10.2. The van der Waals surface area contributed by atoms with E-state index in [9.17, 15) is 10.4 Å². The zero-order chi connectivity index (χ0) is 13.4. The van der Waals surface area contributed by atoms with Gasteiger partial charge >= 0.3 is 0 Å². The highest BCUT2D eigenvalue weighted by Crippen LogP contribution is 2.49. The molecule has 0 saturated heterocycles. The second-order valence-corrected chi connectivity index (χ2v) is 3.93. The number of rotatable bonds is 2. The Bertz CT molecular complexity index is 480. The topological polar surface area (TPSA) is 117 Å². The second kappa shape index (κ2) is 4.41. The highest BCUT2D eigenvalue weighted by molar-refractivity contribution is 5.88. The molecule has 0 saturated carbocycles. The van der Waals surface area contributed by atoms with Gasteiger partial charge < -0.3 is 26.1 Å². The van der Waals surface area contributed by atoms with E-state index >= 15 is 0 Å². The summed E-state index contributed by atoms with van der Waals surface area (Å²) < 4.78 is 10.3. The Hall–Kier alpha value is -1.90. The molecule has 1 aliphatic heterocycles. The summed E-state index contributed by atoms with van der Waals surface area (Å²) in [6.07, 6.45) is 0. The number of hydrogen-bond acceptors (Lipinski definition) is 8. The lowest BCUT2D eigenvalue weighted by Gasteiger charge is -2.33. The SMILES string of the molecule is COc1c(N)c2c(c(N)c1OC)N(O)CN(O)C2. The number of hydrogen-bond donors (Lipinski definition) is 4. The molecule has 0 radical (unpaired) electrons. The molecule has 0 amide bonds. The molecule has 1 aromatic rings. The zero-order valence-corrected chi connectivity index (χ0v) is 10.2. The number of hydroxylamine groups is 3. The smallest absolute Gasteiger partial charge is 0.188 e. The molecular formula is C10H16N4O4. The number of fused-ring (bicyclic) bond motifs is 1. The molecule has 1 aliphatic rings. The third-order valence-corrected chi connectivity index (χ3v) is 2.87. The summed E-state index contributed by atoms with van der Waals surface area (Å²) in [5, 5.41) is 21.0. The van der Waals surface area contributed by atoms with E-state index in [1.54, 1.807) is 0 Å². The average Bonchev–Trinajstić information content (AvgIpc) is 2.32. The van der Waals surface area contributed by atoms with Crippen LogP contribution in [0.3, 0.4) is 0 Å². The van der Waals surface area contributed by atoms with E-state index in [0.717, 1.165) is 10.1 Å². The third kappa shape index (κ3) is 1.67. The van der Waals surface area contributed by atoms with Gasteiger partial charge in [-0.25, -0.2) is 5.06 Å². The maximum atomic E-state index is 9.82. The van der Waals surface area contributed by atoms with Crippen molar-refractivity contribution < 1.29 is 19.9 Å². The summed E-state index contributed by atoms with van der Waals surface area (Å²) in [4.78, 5) is 0. The van der Waals surface area contributed by atoms with Crippen LogP contribution in [0.15, 0.2) is 0 Å². The minimum absolute atomic E-state index is 0.0911. The van der Waals surface area contributed by atoms with Crippen LogP contribution in [0.4, 0.5) is 17.1 Å². The summed E-state index contributed by atoms with van der Waals surface area (Å²) in [5.74, 6) is 0.552. The molecule has 2 rings (SSSR count). The predicted octanol–water partition coefficient (Wildman–Crippen LogP) is 0.226. The summed E-state index contributed by atoms with van der Waals surface area (Å²) >= 11 is 0. The average molecular weight is 256 g/mol. The third-order valence-electron chi connectivity index (χ3n) is 2.87. The summed E-state index contributed by atoms with van der Waals surface area (Å²) in [7, 11) is 2.87. The fourth-order valence-electron chi connectivity index (χ4n) is 2.10. The first-order valence-corrected chi connectivity index (χ1v) is 5.23. The largest absolute Gasteiger partial charge is 0.491 e. The van der Waals surface area contributed by atoms with Gasteiger partial charge in [0.2, 0.25) is 0 Å². The Morgan fingerprint density at radius 2 is 1.61 bits per heavy atom. The first-order chi connectivity index (χ1) is 8.51. The Kier molecular flexibility index (Phi) is 3.07. The van der Waals surface area contributed by atoms with Crippen molar-refractivity contribution in [3.63, 3.8) is 0 Å². The molecule has 0 unspecified atom stereocenters. The van der Waals surface area contributed by atoms with Crippen LogP contribution in [0.25, 0.3) is 0 Å². The fraction of sp³-hybridized carbons (Fsp3) is 0.400. The van der Waals surface area contributed by atoms with E-state index in [1.807, 2.05) is 0 Å². The van der Waals surface area contributed by atoms with E-state index in [2.05, 4.69) is 0 Å². The van der Waals surface area contributed by atoms with Gasteiger partial charge in [0.05, 0.1) is 32.1 Å². The van der Waals surface area contributed by atoms with Crippen molar-refractivity contribution in [3.8, 4) is 11.5 Å². The molecular weight excluding hydrogens is 240 g/mol. The van der Waals surface area contributed by atoms with E-state index in [0.29, 0.717) is 11.3 Å². The van der Waals surface area contributed by atoms with E-state index in [-0.39, 0.29) is 36.1 Å². The number of nitrogens with two attached hydrogens (primary N) is 2. The summed E-state index contributed by atoms with van der Waals surface area (Å²) in [6.45, 7) is 0.0505. The van der Waals surface area contributed by atoms with E-state index < -0.39 is 0 Å². The Balaban J connectivity index is 2.72. The molecule has 18 heavy (non-hydrogen) atoms.